The van der Waals surface area contributed by atoms with E-state index in [1.165, 1.54) is 4.90 Å². The molecule has 3 nitrogen and oxygen atoms in total. The monoisotopic (exact) mass is 272 g/mol. The lowest BCUT2D eigenvalue weighted by atomic mass is 9.91. The Morgan fingerprint density at radius 2 is 2.06 bits per heavy atom. The molecule has 0 aromatic carbocycles. The van der Waals surface area contributed by atoms with Crippen molar-refractivity contribution in [2.24, 2.45) is 0 Å². The summed E-state index contributed by atoms with van der Waals surface area (Å²) in [7, 11) is -1.11. The van der Waals surface area contributed by atoms with Crippen LogP contribution in [0, 0.1) is 0 Å². The highest BCUT2D eigenvalue weighted by Gasteiger charge is 2.28. The van der Waals surface area contributed by atoms with Gasteiger partial charge in [0.2, 0.25) is 0 Å². The first-order valence-electron chi connectivity index (χ1n) is 5.57. The third-order valence-corrected chi connectivity index (χ3v) is 4.65. The summed E-state index contributed by atoms with van der Waals surface area (Å²) in [5.74, 6) is 1.71. The fraction of sp³-hybridized carbons (Fsp3) is 0.583. The van der Waals surface area contributed by atoms with E-state index in [9.17, 15) is 0 Å². The zero-order chi connectivity index (χ0) is 12.8. The van der Waals surface area contributed by atoms with Crippen molar-refractivity contribution >= 4 is 26.5 Å². The molecule has 0 saturated carbocycles. The Kier molecular flexibility index (Phi) is 3.02. The number of hydrogen-bond donors (Lipinski definition) is 2. The minimum absolute atomic E-state index is 0.0155. The molecule has 0 amide bonds. The van der Waals surface area contributed by atoms with E-state index >= 15 is 0 Å². The van der Waals surface area contributed by atoms with Crippen LogP contribution in [0.5, 0.6) is 5.75 Å². The van der Waals surface area contributed by atoms with Gasteiger partial charge in [0, 0.05) is 10.3 Å². The van der Waals surface area contributed by atoms with Gasteiger partial charge >= 0.3 is 0 Å². The molecular weight excluding hydrogens is 252 g/mol. The van der Waals surface area contributed by atoms with Gasteiger partial charge in [0.15, 0.2) is 18.3 Å². The van der Waals surface area contributed by atoms with Crippen molar-refractivity contribution in [3.8, 4) is 5.75 Å². The van der Waals surface area contributed by atoms with Crippen LogP contribution in [0.25, 0.3) is 0 Å². The van der Waals surface area contributed by atoms with Crippen LogP contribution in [0.2, 0.25) is 0 Å². The molecule has 0 bridgehead atoms. The highest BCUT2D eigenvalue weighted by molar-refractivity contribution is 8.87. The molecule has 1 aromatic heterocycles. The fourth-order valence-corrected chi connectivity index (χ4v) is 3.45. The topological polar surface area (TPSA) is 34.1 Å². The van der Waals surface area contributed by atoms with Crippen LogP contribution in [-0.4, -0.2) is 24.2 Å². The van der Waals surface area contributed by atoms with Crippen LogP contribution in [0.3, 0.4) is 0 Å². The van der Waals surface area contributed by atoms with Crippen molar-refractivity contribution in [3.63, 3.8) is 0 Å². The first-order valence-corrected chi connectivity index (χ1v) is 9.08. The second kappa shape index (κ2) is 3.99. The van der Waals surface area contributed by atoms with Crippen molar-refractivity contribution in [1.82, 2.24) is 4.98 Å². The summed E-state index contributed by atoms with van der Waals surface area (Å²) in [5, 5.41) is 3.14. The molecule has 0 aliphatic carbocycles. The number of hydrogen-bond acceptors (Lipinski definition) is 4. The largest absolute Gasteiger partial charge is 0.469 e. The number of pyridine rings is 1. The maximum absolute atomic E-state index is 5.51. The first kappa shape index (κ1) is 12.9. The van der Waals surface area contributed by atoms with Crippen LogP contribution in [0.4, 0.5) is 5.82 Å². The van der Waals surface area contributed by atoms with Gasteiger partial charge in [0.25, 0.3) is 0 Å². The summed E-state index contributed by atoms with van der Waals surface area (Å²) in [6.07, 6.45) is 4.33. The quantitative estimate of drug-likeness (QED) is 0.607. The van der Waals surface area contributed by atoms with E-state index in [0.717, 1.165) is 17.3 Å². The van der Waals surface area contributed by atoms with Crippen LogP contribution in [0.1, 0.15) is 26.5 Å². The molecule has 0 unspecified atom stereocenters. The molecule has 1 aliphatic rings. The fourth-order valence-electron chi connectivity index (χ4n) is 1.81. The Morgan fingerprint density at radius 3 is 2.59 bits per heavy atom. The molecule has 96 valence electrons. The Labute approximate surface area is 109 Å². The Balaban J connectivity index is 2.64. The number of fused-ring (bicyclic) bond motifs is 1. The van der Waals surface area contributed by atoms with Gasteiger partial charge in [-0.3, -0.25) is 0 Å². The summed E-state index contributed by atoms with van der Waals surface area (Å²) >= 11 is 4.75. The van der Waals surface area contributed by atoms with Gasteiger partial charge in [-0.1, -0.05) is 20.8 Å². The number of anilines is 1. The number of rotatable bonds is 1. The lowest BCUT2D eigenvalue weighted by Gasteiger charge is -2.31. The van der Waals surface area contributed by atoms with E-state index < -0.39 is 9.06 Å². The van der Waals surface area contributed by atoms with Crippen molar-refractivity contribution in [1.29, 1.82) is 0 Å². The molecule has 1 N–H and O–H groups in total. The SMILES string of the molecule is CC(C)(C)c1nc2c(cc1S(C)(C)S)OCN2. The van der Waals surface area contributed by atoms with Crippen LogP contribution in [-0.2, 0) is 5.41 Å². The number of aromatic nitrogens is 1. The van der Waals surface area contributed by atoms with Gasteiger partial charge in [0.05, 0.1) is 5.69 Å². The second-order valence-electron chi connectivity index (χ2n) is 5.67. The van der Waals surface area contributed by atoms with Gasteiger partial charge in [-0.2, -0.15) is 9.06 Å². The van der Waals surface area contributed by atoms with E-state index in [1.807, 2.05) is 0 Å². The maximum atomic E-state index is 5.51. The number of thiol groups is 1. The van der Waals surface area contributed by atoms with Crippen LogP contribution in [0.15, 0.2) is 11.0 Å². The van der Waals surface area contributed by atoms with Crippen molar-refractivity contribution in [2.75, 3.05) is 24.6 Å². The molecule has 0 saturated heterocycles. The molecule has 2 rings (SSSR count). The molecule has 1 aromatic rings. The number of nitrogens with one attached hydrogen (secondary N) is 1. The molecule has 0 radical (unpaired) electrons. The summed E-state index contributed by atoms with van der Waals surface area (Å²) in [6.45, 7) is 7.05. The predicted molar refractivity (Wildman–Crippen MR) is 78.7 cm³/mol. The average Bonchev–Trinajstić information content (AvgIpc) is 2.59. The second-order valence-corrected chi connectivity index (χ2v) is 11.4. The number of nitrogens with zero attached hydrogens (tertiary/aromatic N) is 1. The van der Waals surface area contributed by atoms with E-state index in [4.69, 9.17) is 21.4 Å². The molecule has 0 atom stereocenters. The zero-order valence-electron chi connectivity index (χ0n) is 11.0. The van der Waals surface area contributed by atoms with Gasteiger partial charge in [-0.15, -0.1) is 11.7 Å². The van der Waals surface area contributed by atoms with Crippen molar-refractivity contribution in [2.45, 2.75) is 31.1 Å². The van der Waals surface area contributed by atoms with E-state index in [0.29, 0.717) is 6.73 Å². The molecular formula is C12H20N2OS2. The summed E-state index contributed by atoms with van der Waals surface area (Å²) < 4.78 is 5.51. The molecule has 17 heavy (non-hydrogen) atoms. The summed E-state index contributed by atoms with van der Waals surface area (Å²) in [6, 6.07) is 2.10. The highest BCUT2D eigenvalue weighted by Crippen LogP contribution is 2.57. The average molecular weight is 272 g/mol. The van der Waals surface area contributed by atoms with Gasteiger partial charge < -0.3 is 10.1 Å². The molecule has 0 spiro atoms. The normalized spacial score (nSPS) is 16.1. The van der Waals surface area contributed by atoms with E-state index in [1.54, 1.807) is 0 Å². The summed E-state index contributed by atoms with van der Waals surface area (Å²) in [4.78, 5) is 5.95. The molecule has 0 fully saturated rings. The van der Waals surface area contributed by atoms with Crippen LogP contribution >= 0.6 is 20.7 Å². The lowest BCUT2D eigenvalue weighted by molar-refractivity contribution is 0.371. The highest BCUT2D eigenvalue weighted by atomic mass is 33.1. The lowest BCUT2D eigenvalue weighted by Crippen LogP contribution is -2.17. The Morgan fingerprint density at radius 1 is 1.41 bits per heavy atom. The standard InChI is InChI=1S/C12H20N2OS2/c1-12(2,3)10-9(17(4,5)16)6-8-11(14-10)13-7-15-8/h6,16H,7H2,1-5H3,(H,13,14). The third kappa shape index (κ3) is 2.50. The molecule has 1 aliphatic heterocycles. The van der Waals surface area contributed by atoms with Gasteiger partial charge in [-0.05, 0) is 18.6 Å². The minimum Gasteiger partial charge on any atom is -0.469 e. The Bertz CT molecular complexity index is 406. The minimum atomic E-state index is -1.11. The summed E-state index contributed by atoms with van der Waals surface area (Å²) in [5.41, 5.74) is 1.13. The van der Waals surface area contributed by atoms with Gasteiger partial charge in [0.1, 0.15) is 0 Å². The van der Waals surface area contributed by atoms with Gasteiger partial charge in [-0.25, -0.2) is 4.98 Å². The zero-order valence-corrected chi connectivity index (χ0v) is 12.7. The third-order valence-electron chi connectivity index (χ3n) is 2.67. The molecule has 5 heteroatoms. The van der Waals surface area contributed by atoms with Crippen molar-refractivity contribution < 1.29 is 4.74 Å². The first-order chi connectivity index (χ1) is 7.69. The van der Waals surface area contributed by atoms with E-state index in [-0.39, 0.29) is 5.41 Å². The van der Waals surface area contributed by atoms with Crippen molar-refractivity contribution in [3.05, 3.63) is 11.8 Å². The number of ether oxygens (including phenoxy) is 1. The van der Waals surface area contributed by atoms with E-state index in [2.05, 4.69) is 44.7 Å². The van der Waals surface area contributed by atoms with Crippen LogP contribution < -0.4 is 10.1 Å². The maximum Gasteiger partial charge on any atom is 0.171 e. The predicted octanol–water partition coefficient (Wildman–Crippen LogP) is 3.41. The smallest absolute Gasteiger partial charge is 0.171 e. The molecule has 2 heterocycles. The Hall–Kier alpha value is -0.550.